The molecule has 5 aliphatic carbocycles. The normalized spacial score (nSPS) is 60.7. The molecule has 0 aromatic rings. The van der Waals surface area contributed by atoms with Crippen molar-refractivity contribution in [3.05, 3.63) is 11.1 Å². The number of hydrogen-bond donors (Lipinski definition) is 1. The molecule has 5 aliphatic rings. The van der Waals surface area contributed by atoms with Crippen molar-refractivity contribution in [1.82, 2.24) is 0 Å². The minimum Gasteiger partial charge on any atom is -0.324 e. The van der Waals surface area contributed by atoms with Crippen LogP contribution in [0.25, 0.3) is 0 Å². The maximum atomic E-state index is 7.10. The molecule has 3 fully saturated rings. The van der Waals surface area contributed by atoms with Crippen LogP contribution in [0.1, 0.15) is 91.9 Å². The minimum atomic E-state index is 0.0776. The Kier molecular flexibility index (Phi) is 2.56. The van der Waals surface area contributed by atoms with Crippen molar-refractivity contribution in [2.75, 3.05) is 0 Å². The van der Waals surface area contributed by atoms with E-state index in [9.17, 15) is 0 Å². The molecule has 0 aliphatic heterocycles. The van der Waals surface area contributed by atoms with Crippen molar-refractivity contribution in [1.29, 1.82) is 0 Å². The summed E-state index contributed by atoms with van der Waals surface area (Å²) >= 11 is 0. The van der Waals surface area contributed by atoms with E-state index in [1.165, 1.54) is 64.2 Å². The number of fused-ring (bicyclic) bond motifs is 3. The van der Waals surface area contributed by atoms with Crippen LogP contribution in [0, 0.1) is 27.6 Å². The van der Waals surface area contributed by atoms with Crippen LogP contribution in [0.5, 0.6) is 0 Å². The van der Waals surface area contributed by atoms with Gasteiger partial charge < -0.3 is 5.73 Å². The zero-order chi connectivity index (χ0) is 16.3. The van der Waals surface area contributed by atoms with Crippen molar-refractivity contribution >= 4 is 0 Å². The van der Waals surface area contributed by atoms with E-state index in [0.29, 0.717) is 27.6 Å². The van der Waals surface area contributed by atoms with Crippen LogP contribution in [-0.2, 0) is 0 Å². The van der Waals surface area contributed by atoms with Gasteiger partial charge in [-0.1, -0.05) is 45.3 Å². The van der Waals surface area contributed by atoms with Crippen LogP contribution >= 0.6 is 0 Å². The van der Waals surface area contributed by atoms with E-state index in [1.807, 2.05) is 11.1 Å². The summed E-state index contributed by atoms with van der Waals surface area (Å²) in [7, 11) is 0. The standard InChI is InChI=1S/C22H35N/c1-15-6-11-20(4)17-7-12-21-14-18(21,2)9-5-10-19(21,3)16(17)8-13-22(15,20)23/h15H,5-14,23H2,1-4H3/t15-,18-,19-,20-,21?,22-/m1/s1. The summed E-state index contributed by atoms with van der Waals surface area (Å²) in [5.41, 5.74) is 13.1. The molecule has 128 valence electrons. The molecule has 0 saturated heterocycles. The average molecular weight is 314 g/mol. The highest BCUT2D eigenvalue weighted by Gasteiger charge is 2.75. The molecule has 0 bridgehead atoms. The van der Waals surface area contributed by atoms with Gasteiger partial charge in [-0.2, -0.15) is 0 Å². The SMILES string of the molecule is C[C@@H]1CC[C@]2(C)C3=C(CC[C@@]12N)[C@@]1(C)CCC[C@]2(C)CC21CC3. The highest BCUT2D eigenvalue weighted by atomic mass is 14.9. The molecule has 0 aromatic heterocycles. The Balaban J connectivity index is 1.67. The second kappa shape index (κ2) is 3.92. The third-order valence-electron chi connectivity index (χ3n) is 10.5. The topological polar surface area (TPSA) is 26.0 Å². The van der Waals surface area contributed by atoms with Crippen LogP contribution in [0.3, 0.4) is 0 Å². The lowest BCUT2D eigenvalue weighted by Crippen LogP contribution is -2.59. The van der Waals surface area contributed by atoms with Gasteiger partial charge in [-0.25, -0.2) is 0 Å². The maximum Gasteiger partial charge on any atom is 0.0275 e. The fourth-order valence-corrected chi connectivity index (χ4v) is 8.67. The third-order valence-corrected chi connectivity index (χ3v) is 10.5. The van der Waals surface area contributed by atoms with Crippen molar-refractivity contribution in [2.45, 2.75) is 97.4 Å². The Hall–Kier alpha value is -0.300. The Morgan fingerprint density at radius 2 is 1.57 bits per heavy atom. The lowest BCUT2D eigenvalue weighted by molar-refractivity contribution is 0.0432. The first-order valence-electron chi connectivity index (χ1n) is 10.2. The first kappa shape index (κ1) is 15.0. The summed E-state index contributed by atoms with van der Waals surface area (Å²) in [6.45, 7) is 10.2. The molecule has 2 N–H and O–H groups in total. The number of allylic oxidation sites excluding steroid dienone is 1. The Labute approximate surface area is 142 Å². The van der Waals surface area contributed by atoms with E-state index in [-0.39, 0.29) is 5.54 Å². The predicted octanol–water partition coefficient (Wildman–Crippen LogP) is 5.59. The lowest BCUT2D eigenvalue weighted by atomic mass is 9.47. The van der Waals surface area contributed by atoms with Crippen LogP contribution in [0.15, 0.2) is 11.1 Å². The van der Waals surface area contributed by atoms with E-state index in [4.69, 9.17) is 5.73 Å². The number of hydrogen-bond acceptors (Lipinski definition) is 1. The Morgan fingerprint density at radius 3 is 2.35 bits per heavy atom. The molecular weight excluding hydrogens is 278 g/mol. The van der Waals surface area contributed by atoms with Crippen molar-refractivity contribution in [2.24, 2.45) is 33.3 Å². The molecule has 1 unspecified atom stereocenters. The second-order valence-electron chi connectivity index (χ2n) is 10.8. The quantitative estimate of drug-likeness (QED) is 0.579. The molecule has 0 radical (unpaired) electrons. The fourth-order valence-electron chi connectivity index (χ4n) is 8.67. The molecular formula is C22H35N. The third kappa shape index (κ3) is 1.36. The Morgan fingerprint density at radius 1 is 0.870 bits per heavy atom. The van der Waals surface area contributed by atoms with Gasteiger partial charge in [-0.3, -0.25) is 0 Å². The highest BCUT2D eigenvalue weighted by Crippen LogP contribution is 2.84. The summed E-state index contributed by atoms with van der Waals surface area (Å²) in [4.78, 5) is 0. The van der Waals surface area contributed by atoms with E-state index in [0.717, 1.165) is 0 Å². The summed E-state index contributed by atoms with van der Waals surface area (Å²) in [6, 6.07) is 0. The van der Waals surface area contributed by atoms with Gasteiger partial charge in [0.15, 0.2) is 0 Å². The molecule has 0 amide bonds. The monoisotopic (exact) mass is 313 g/mol. The smallest absolute Gasteiger partial charge is 0.0275 e. The molecule has 1 heteroatoms. The minimum absolute atomic E-state index is 0.0776. The van der Waals surface area contributed by atoms with Crippen molar-refractivity contribution in [3.8, 4) is 0 Å². The predicted molar refractivity (Wildman–Crippen MR) is 96.0 cm³/mol. The van der Waals surface area contributed by atoms with Crippen molar-refractivity contribution < 1.29 is 0 Å². The molecule has 5 rings (SSSR count). The van der Waals surface area contributed by atoms with Crippen LogP contribution in [-0.4, -0.2) is 5.54 Å². The molecule has 0 heterocycles. The van der Waals surface area contributed by atoms with Crippen LogP contribution in [0.4, 0.5) is 0 Å². The fraction of sp³-hybridized carbons (Fsp3) is 0.909. The summed E-state index contributed by atoms with van der Waals surface area (Å²) in [6.07, 6.45) is 13.9. The highest BCUT2D eigenvalue weighted by molar-refractivity contribution is 5.44. The van der Waals surface area contributed by atoms with E-state index in [1.54, 1.807) is 0 Å². The number of rotatable bonds is 0. The molecule has 3 saturated carbocycles. The second-order valence-corrected chi connectivity index (χ2v) is 10.8. The summed E-state index contributed by atoms with van der Waals surface area (Å²) in [5.74, 6) is 0.697. The van der Waals surface area contributed by atoms with Gasteiger partial charge in [-0.05, 0) is 80.0 Å². The first-order chi connectivity index (χ1) is 10.7. The van der Waals surface area contributed by atoms with Gasteiger partial charge in [-0.15, -0.1) is 0 Å². The average Bonchev–Trinajstić information content (AvgIpc) is 3.05. The molecule has 23 heavy (non-hydrogen) atoms. The molecule has 1 nitrogen and oxygen atoms in total. The lowest BCUT2D eigenvalue weighted by Gasteiger charge is -2.59. The van der Waals surface area contributed by atoms with E-state index < -0.39 is 0 Å². The zero-order valence-electron chi connectivity index (χ0n) is 15.7. The van der Waals surface area contributed by atoms with Gasteiger partial charge in [0.25, 0.3) is 0 Å². The molecule has 1 spiro atoms. The van der Waals surface area contributed by atoms with Crippen molar-refractivity contribution in [3.63, 3.8) is 0 Å². The van der Waals surface area contributed by atoms with Gasteiger partial charge >= 0.3 is 0 Å². The first-order valence-corrected chi connectivity index (χ1v) is 10.2. The van der Waals surface area contributed by atoms with Gasteiger partial charge in [0.2, 0.25) is 0 Å². The molecule has 0 aromatic carbocycles. The van der Waals surface area contributed by atoms with E-state index in [2.05, 4.69) is 27.7 Å². The largest absolute Gasteiger partial charge is 0.324 e. The van der Waals surface area contributed by atoms with Crippen LogP contribution in [0.2, 0.25) is 0 Å². The van der Waals surface area contributed by atoms with Gasteiger partial charge in [0, 0.05) is 11.0 Å². The summed E-state index contributed by atoms with van der Waals surface area (Å²) in [5, 5.41) is 0. The van der Waals surface area contributed by atoms with E-state index >= 15 is 0 Å². The van der Waals surface area contributed by atoms with Gasteiger partial charge in [0.05, 0.1) is 0 Å². The summed E-state index contributed by atoms with van der Waals surface area (Å²) < 4.78 is 0. The Bertz CT molecular complexity index is 619. The molecule has 6 atom stereocenters. The van der Waals surface area contributed by atoms with Gasteiger partial charge in [0.1, 0.15) is 0 Å². The van der Waals surface area contributed by atoms with Crippen LogP contribution < -0.4 is 5.73 Å². The zero-order valence-corrected chi connectivity index (χ0v) is 15.7. The number of nitrogens with two attached hydrogens (primary N) is 1. The maximum absolute atomic E-state index is 7.10.